The van der Waals surface area contributed by atoms with Crippen LogP contribution in [0.1, 0.15) is 0 Å². The molecule has 10 atom stereocenters. The van der Waals surface area contributed by atoms with Gasteiger partial charge in [0.1, 0.15) is 77.1 Å². The second-order valence-electron chi connectivity index (χ2n) is 10.1. The first-order valence-electron chi connectivity index (χ1n) is 13.0. The Labute approximate surface area is 241 Å². The topological polar surface area (TPSA) is 269 Å². The van der Waals surface area contributed by atoms with Crippen molar-refractivity contribution in [3.05, 3.63) is 46.6 Å². The number of phenolic OH excluding ortho intramolecular Hbond substituents is 2. The first-order valence-corrected chi connectivity index (χ1v) is 13.0. The molecular weight excluding hydrogens is 580 g/mol. The van der Waals surface area contributed by atoms with Gasteiger partial charge in [0.2, 0.25) is 12.6 Å². The Bertz CT molecular complexity index is 1500. The zero-order valence-corrected chi connectivity index (χ0v) is 22.1. The highest BCUT2D eigenvalue weighted by molar-refractivity contribution is 5.86. The van der Waals surface area contributed by atoms with E-state index < -0.39 is 91.6 Å². The molecule has 3 heterocycles. The molecule has 43 heavy (non-hydrogen) atoms. The van der Waals surface area contributed by atoms with E-state index in [1.807, 2.05) is 0 Å². The SMILES string of the molecule is O=c1cc(-c2ccc(O[C@@H]3O[C@H](CO)[C@@H](O)[C@H](O)[C@H]3O)c(O)c2)oc2cc(O[C@@H]3O[C@H](CO)[C@@H](O)[C@H](O)[C@H]3O)cc(O)c12. The van der Waals surface area contributed by atoms with Gasteiger partial charge in [0.15, 0.2) is 16.9 Å². The number of aromatic hydroxyl groups is 2. The number of hydrogen-bond donors (Lipinski definition) is 10. The Hall–Kier alpha value is -3.55. The van der Waals surface area contributed by atoms with E-state index in [9.17, 15) is 55.9 Å². The van der Waals surface area contributed by atoms with Gasteiger partial charge in [0, 0.05) is 23.8 Å². The van der Waals surface area contributed by atoms with E-state index in [1.165, 1.54) is 18.2 Å². The number of rotatable bonds is 7. The van der Waals surface area contributed by atoms with Gasteiger partial charge in [-0.2, -0.15) is 0 Å². The minimum absolute atomic E-state index is 0.0726. The van der Waals surface area contributed by atoms with Crippen molar-refractivity contribution in [2.75, 3.05) is 13.2 Å². The molecule has 234 valence electrons. The summed E-state index contributed by atoms with van der Waals surface area (Å²) < 4.78 is 27.3. The maximum atomic E-state index is 12.9. The maximum Gasteiger partial charge on any atom is 0.229 e. The van der Waals surface area contributed by atoms with Crippen LogP contribution in [0.3, 0.4) is 0 Å². The molecule has 0 unspecified atom stereocenters. The molecule has 16 nitrogen and oxygen atoms in total. The average molecular weight is 611 g/mol. The molecule has 16 heteroatoms. The molecule has 0 bridgehead atoms. The summed E-state index contributed by atoms with van der Waals surface area (Å²) in [5.41, 5.74) is -0.685. The van der Waals surface area contributed by atoms with Crippen LogP contribution in [0.25, 0.3) is 22.3 Å². The van der Waals surface area contributed by atoms with Gasteiger partial charge in [-0.15, -0.1) is 0 Å². The summed E-state index contributed by atoms with van der Waals surface area (Å²) in [6.07, 6.45) is -15.7. The average Bonchev–Trinajstić information content (AvgIpc) is 2.98. The molecule has 10 N–H and O–H groups in total. The summed E-state index contributed by atoms with van der Waals surface area (Å²) in [5.74, 6) is -1.51. The predicted octanol–water partition coefficient (Wildman–Crippen LogP) is -2.77. The van der Waals surface area contributed by atoms with Crippen LogP contribution in [0.15, 0.2) is 45.6 Å². The summed E-state index contributed by atoms with van der Waals surface area (Å²) >= 11 is 0. The van der Waals surface area contributed by atoms with Crippen LogP contribution in [0.4, 0.5) is 0 Å². The van der Waals surface area contributed by atoms with E-state index in [-0.39, 0.29) is 33.8 Å². The van der Waals surface area contributed by atoms with Crippen molar-refractivity contribution in [2.24, 2.45) is 0 Å². The molecule has 2 fully saturated rings. The summed E-state index contributed by atoms with van der Waals surface area (Å²) in [7, 11) is 0. The Morgan fingerprint density at radius 2 is 1.26 bits per heavy atom. The molecule has 0 spiro atoms. The van der Waals surface area contributed by atoms with Gasteiger partial charge in [-0.05, 0) is 18.2 Å². The monoisotopic (exact) mass is 610 g/mol. The summed E-state index contributed by atoms with van der Waals surface area (Å²) in [6.45, 7) is -1.37. The minimum atomic E-state index is -1.74. The molecule has 2 saturated heterocycles. The molecule has 0 amide bonds. The number of hydrogen-bond acceptors (Lipinski definition) is 16. The lowest BCUT2D eigenvalue weighted by Crippen LogP contribution is -2.60. The van der Waals surface area contributed by atoms with Gasteiger partial charge in [-0.3, -0.25) is 4.79 Å². The number of aliphatic hydroxyl groups is 8. The van der Waals surface area contributed by atoms with Gasteiger partial charge < -0.3 is 74.4 Å². The standard InChI is InChI=1S/C27H30O16/c28-7-17-20(33)22(35)24(37)26(42-17)39-10-4-12(31)19-13(32)6-15(40-16(19)5-10)9-1-2-14(11(30)3-9)41-27-25(38)23(36)21(34)18(8-29)43-27/h1-6,17-18,20-31,33-38H,7-8H2/t17-,18-,20-,21-,22+,23+,24-,25-,26-,27-/m1/s1. The van der Waals surface area contributed by atoms with E-state index in [0.29, 0.717) is 0 Å². The third kappa shape index (κ3) is 5.85. The van der Waals surface area contributed by atoms with E-state index in [1.54, 1.807) is 0 Å². The van der Waals surface area contributed by atoms with E-state index in [0.717, 1.165) is 18.2 Å². The van der Waals surface area contributed by atoms with Gasteiger partial charge in [-0.1, -0.05) is 0 Å². The lowest BCUT2D eigenvalue weighted by molar-refractivity contribution is -0.277. The zero-order valence-electron chi connectivity index (χ0n) is 22.1. The number of fused-ring (bicyclic) bond motifs is 1. The highest BCUT2D eigenvalue weighted by Crippen LogP contribution is 2.37. The molecular formula is C27H30O16. The van der Waals surface area contributed by atoms with Crippen molar-refractivity contribution in [3.63, 3.8) is 0 Å². The zero-order chi connectivity index (χ0) is 31.2. The lowest BCUT2D eigenvalue weighted by Gasteiger charge is -2.39. The van der Waals surface area contributed by atoms with Crippen LogP contribution >= 0.6 is 0 Å². The van der Waals surface area contributed by atoms with E-state index in [2.05, 4.69) is 0 Å². The smallest absolute Gasteiger partial charge is 0.229 e. The Morgan fingerprint density at radius 3 is 1.81 bits per heavy atom. The normalized spacial score (nSPS) is 32.9. The van der Waals surface area contributed by atoms with Crippen LogP contribution in [0.2, 0.25) is 0 Å². The van der Waals surface area contributed by atoms with Crippen LogP contribution in [-0.4, -0.2) is 126 Å². The van der Waals surface area contributed by atoms with Crippen molar-refractivity contribution in [2.45, 2.75) is 61.4 Å². The van der Waals surface area contributed by atoms with Gasteiger partial charge in [0.25, 0.3) is 0 Å². The lowest BCUT2D eigenvalue weighted by atomic mass is 9.99. The highest BCUT2D eigenvalue weighted by atomic mass is 16.7. The maximum absolute atomic E-state index is 12.9. The molecule has 5 rings (SSSR count). The molecule has 2 aromatic carbocycles. The largest absolute Gasteiger partial charge is 0.507 e. The third-order valence-corrected chi connectivity index (χ3v) is 7.22. The minimum Gasteiger partial charge on any atom is -0.507 e. The third-order valence-electron chi connectivity index (χ3n) is 7.22. The van der Waals surface area contributed by atoms with Crippen molar-refractivity contribution < 1.29 is 74.4 Å². The first-order chi connectivity index (χ1) is 20.4. The van der Waals surface area contributed by atoms with Crippen molar-refractivity contribution >= 4 is 11.0 Å². The van der Waals surface area contributed by atoms with Gasteiger partial charge >= 0.3 is 0 Å². The predicted molar refractivity (Wildman–Crippen MR) is 140 cm³/mol. The quantitative estimate of drug-likeness (QED) is 0.130. The summed E-state index contributed by atoms with van der Waals surface area (Å²) in [5, 5.41) is 99.9. The number of phenols is 2. The van der Waals surface area contributed by atoms with Crippen molar-refractivity contribution in [1.29, 1.82) is 0 Å². The first kappa shape index (κ1) is 30.9. The molecule has 1 aromatic heterocycles. The van der Waals surface area contributed by atoms with Crippen molar-refractivity contribution in [1.82, 2.24) is 0 Å². The molecule has 2 aliphatic heterocycles. The second-order valence-corrected chi connectivity index (χ2v) is 10.1. The van der Waals surface area contributed by atoms with Crippen molar-refractivity contribution in [3.8, 4) is 34.3 Å². The number of ether oxygens (including phenoxy) is 4. The molecule has 0 saturated carbocycles. The van der Waals surface area contributed by atoms with Gasteiger partial charge in [0.05, 0.1) is 13.2 Å². The number of aliphatic hydroxyl groups excluding tert-OH is 8. The molecule has 2 aliphatic rings. The van der Waals surface area contributed by atoms with E-state index in [4.69, 9.17) is 23.4 Å². The fraction of sp³-hybridized carbons (Fsp3) is 0.444. The second kappa shape index (κ2) is 12.2. The fourth-order valence-electron chi connectivity index (χ4n) is 4.81. The molecule has 0 aliphatic carbocycles. The Morgan fingerprint density at radius 1 is 0.674 bits per heavy atom. The van der Waals surface area contributed by atoms with Crippen LogP contribution < -0.4 is 14.9 Å². The summed E-state index contributed by atoms with van der Waals surface area (Å²) in [6, 6.07) is 7.05. The molecule has 0 radical (unpaired) electrons. The summed E-state index contributed by atoms with van der Waals surface area (Å²) in [4.78, 5) is 12.9. The van der Waals surface area contributed by atoms with E-state index >= 15 is 0 Å². The number of benzene rings is 2. The highest BCUT2D eigenvalue weighted by Gasteiger charge is 2.46. The van der Waals surface area contributed by atoms with Gasteiger partial charge in [-0.25, -0.2) is 0 Å². The van der Waals surface area contributed by atoms with Crippen LogP contribution in [0, 0.1) is 0 Å². The Balaban J connectivity index is 1.41. The van der Waals surface area contributed by atoms with Crippen LogP contribution in [-0.2, 0) is 9.47 Å². The fourth-order valence-corrected chi connectivity index (χ4v) is 4.81. The molecule has 3 aromatic rings. The Kier molecular flexibility index (Phi) is 8.77. The van der Waals surface area contributed by atoms with Crippen LogP contribution in [0.5, 0.6) is 23.0 Å².